The normalized spacial score (nSPS) is 14.6. The van der Waals surface area contributed by atoms with Gasteiger partial charge in [0, 0.05) is 5.56 Å². The molecule has 0 unspecified atom stereocenters. The van der Waals surface area contributed by atoms with E-state index >= 15 is 0 Å². The summed E-state index contributed by atoms with van der Waals surface area (Å²) in [6.45, 7) is 0. The van der Waals surface area contributed by atoms with Gasteiger partial charge in [-0.2, -0.15) is 0 Å². The molecule has 3 aromatic carbocycles. The van der Waals surface area contributed by atoms with Gasteiger partial charge in [-0.25, -0.2) is 0 Å². The van der Waals surface area contributed by atoms with E-state index in [9.17, 15) is 4.79 Å². The van der Waals surface area contributed by atoms with Crippen molar-refractivity contribution in [2.75, 3.05) is 12.0 Å². The van der Waals surface area contributed by atoms with Crippen molar-refractivity contribution in [1.82, 2.24) is 0 Å². The van der Waals surface area contributed by atoms with Crippen LogP contribution in [0.2, 0.25) is 10.0 Å². The quantitative estimate of drug-likeness (QED) is 0.492. The van der Waals surface area contributed by atoms with Crippen molar-refractivity contribution in [3.8, 4) is 5.75 Å². The van der Waals surface area contributed by atoms with Crippen LogP contribution in [0.4, 0.5) is 11.4 Å². The van der Waals surface area contributed by atoms with Gasteiger partial charge in [0.1, 0.15) is 5.75 Å². The summed E-state index contributed by atoms with van der Waals surface area (Å²) < 4.78 is 5.19. The molecule has 3 nitrogen and oxygen atoms in total. The summed E-state index contributed by atoms with van der Waals surface area (Å²) in [6.07, 6.45) is 1.87. The highest BCUT2D eigenvalue weighted by Gasteiger charge is 2.35. The van der Waals surface area contributed by atoms with E-state index in [4.69, 9.17) is 27.9 Å². The topological polar surface area (TPSA) is 29.5 Å². The number of anilines is 2. The maximum atomic E-state index is 13.3. The monoisotopic (exact) mass is 395 g/mol. The number of carbonyl (C=O) groups excluding carboxylic acids is 1. The lowest BCUT2D eigenvalue weighted by atomic mass is 10.0. The molecule has 3 aromatic rings. The smallest absolute Gasteiger partial charge is 0.263 e. The predicted molar refractivity (Wildman–Crippen MR) is 111 cm³/mol. The number of hydrogen-bond acceptors (Lipinski definition) is 2. The molecule has 1 heterocycles. The first-order chi connectivity index (χ1) is 13.1. The van der Waals surface area contributed by atoms with Gasteiger partial charge < -0.3 is 4.74 Å². The third-order valence-corrected chi connectivity index (χ3v) is 5.07. The van der Waals surface area contributed by atoms with Crippen molar-refractivity contribution in [2.45, 2.75) is 0 Å². The van der Waals surface area contributed by atoms with Crippen molar-refractivity contribution >= 4 is 52.1 Å². The van der Waals surface area contributed by atoms with Gasteiger partial charge in [-0.05, 0) is 42.0 Å². The Morgan fingerprint density at radius 3 is 2.22 bits per heavy atom. The summed E-state index contributed by atoms with van der Waals surface area (Å²) >= 11 is 12.7. The first-order valence-corrected chi connectivity index (χ1v) is 9.09. The fourth-order valence-corrected chi connectivity index (χ4v) is 3.74. The van der Waals surface area contributed by atoms with Crippen LogP contribution in [0.1, 0.15) is 11.1 Å². The van der Waals surface area contributed by atoms with Crippen LogP contribution in [0.3, 0.4) is 0 Å². The van der Waals surface area contributed by atoms with E-state index in [0.29, 0.717) is 21.3 Å². The number of halogens is 2. The lowest BCUT2D eigenvalue weighted by Crippen LogP contribution is -2.21. The maximum absolute atomic E-state index is 13.3. The van der Waals surface area contributed by atoms with E-state index in [1.54, 1.807) is 30.2 Å². The third kappa shape index (κ3) is 3.09. The standard InChI is InChI=1S/C22H15Cl2NO2/c1-27-15-11-9-14(10-12-15)13-17-16-5-2-3-8-20(16)25(22(17)26)21-18(23)6-4-7-19(21)24/h2-13H,1H3/b17-13+. The van der Waals surface area contributed by atoms with Crippen LogP contribution >= 0.6 is 23.2 Å². The lowest BCUT2D eigenvalue weighted by Gasteiger charge is -2.20. The Balaban J connectivity index is 1.86. The van der Waals surface area contributed by atoms with Crippen molar-refractivity contribution in [3.05, 3.63) is 87.9 Å². The Hall–Kier alpha value is -2.75. The molecule has 0 bridgehead atoms. The number of fused-ring (bicyclic) bond motifs is 1. The van der Waals surface area contributed by atoms with Crippen LogP contribution in [0.5, 0.6) is 5.75 Å². The van der Waals surface area contributed by atoms with Crippen LogP contribution in [0, 0.1) is 0 Å². The maximum Gasteiger partial charge on any atom is 0.263 e. The Morgan fingerprint density at radius 1 is 0.889 bits per heavy atom. The van der Waals surface area contributed by atoms with Crippen LogP contribution in [-0.2, 0) is 4.79 Å². The zero-order valence-electron chi connectivity index (χ0n) is 14.4. The molecule has 5 heteroatoms. The largest absolute Gasteiger partial charge is 0.497 e. The van der Waals surface area contributed by atoms with E-state index < -0.39 is 0 Å². The molecule has 0 aromatic heterocycles. The number of benzene rings is 3. The summed E-state index contributed by atoms with van der Waals surface area (Å²) in [4.78, 5) is 14.9. The first-order valence-electron chi connectivity index (χ1n) is 8.34. The zero-order valence-corrected chi connectivity index (χ0v) is 16.0. The van der Waals surface area contributed by atoms with Gasteiger partial charge in [0.25, 0.3) is 5.91 Å². The van der Waals surface area contributed by atoms with Gasteiger partial charge in [-0.1, -0.05) is 59.6 Å². The van der Waals surface area contributed by atoms with Gasteiger partial charge in [0.2, 0.25) is 0 Å². The van der Waals surface area contributed by atoms with Crippen LogP contribution in [0.15, 0.2) is 66.7 Å². The van der Waals surface area contributed by atoms with Gasteiger partial charge >= 0.3 is 0 Å². The molecule has 1 aliphatic heterocycles. The van der Waals surface area contributed by atoms with Crippen LogP contribution in [0.25, 0.3) is 11.6 Å². The summed E-state index contributed by atoms with van der Waals surface area (Å²) in [6, 6.07) is 20.4. The molecule has 0 radical (unpaired) electrons. The molecule has 0 spiro atoms. The molecule has 1 aliphatic rings. The number of hydrogen-bond donors (Lipinski definition) is 0. The molecule has 134 valence electrons. The Morgan fingerprint density at radius 2 is 1.56 bits per heavy atom. The second-order valence-corrected chi connectivity index (χ2v) is 6.87. The minimum atomic E-state index is -0.165. The second kappa shape index (κ2) is 7.10. The Bertz CT molecular complexity index is 1040. The summed E-state index contributed by atoms with van der Waals surface area (Å²) in [5, 5.41) is 0.854. The van der Waals surface area contributed by atoms with Crippen molar-refractivity contribution in [2.24, 2.45) is 0 Å². The molecule has 0 atom stereocenters. The average Bonchev–Trinajstić information content (AvgIpc) is 2.95. The summed E-state index contributed by atoms with van der Waals surface area (Å²) in [5.74, 6) is 0.599. The minimum Gasteiger partial charge on any atom is -0.497 e. The molecule has 1 amide bonds. The molecule has 27 heavy (non-hydrogen) atoms. The zero-order chi connectivity index (χ0) is 19.0. The lowest BCUT2D eigenvalue weighted by molar-refractivity contribution is -0.112. The highest BCUT2D eigenvalue weighted by molar-refractivity contribution is 6.44. The molecule has 4 rings (SSSR count). The number of ether oxygens (including phenoxy) is 1. The number of amides is 1. The van der Waals surface area contributed by atoms with E-state index in [1.807, 2.05) is 54.6 Å². The van der Waals surface area contributed by atoms with Gasteiger partial charge in [-0.15, -0.1) is 0 Å². The molecular weight excluding hydrogens is 381 g/mol. The highest BCUT2D eigenvalue weighted by atomic mass is 35.5. The number of rotatable bonds is 3. The number of methoxy groups -OCH3 is 1. The Labute approximate surface area is 167 Å². The van der Waals surface area contributed by atoms with Crippen molar-refractivity contribution in [1.29, 1.82) is 0 Å². The molecule has 0 saturated heterocycles. The number of carbonyl (C=O) groups is 1. The van der Waals surface area contributed by atoms with Crippen molar-refractivity contribution in [3.63, 3.8) is 0 Å². The average molecular weight is 396 g/mol. The number of para-hydroxylation sites is 2. The van der Waals surface area contributed by atoms with Gasteiger partial charge in [-0.3, -0.25) is 9.69 Å². The van der Waals surface area contributed by atoms with E-state index in [2.05, 4.69) is 0 Å². The van der Waals surface area contributed by atoms with Crippen LogP contribution in [-0.4, -0.2) is 13.0 Å². The number of nitrogens with zero attached hydrogens (tertiary/aromatic N) is 1. The SMILES string of the molecule is COc1ccc(/C=C2/C(=O)N(c3c(Cl)cccc3Cl)c3ccccc32)cc1. The molecular formula is C22H15Cl2NO2. The minimum absolute atomic E-state index is 0.165. The molecule has 0 N–H and O–H groups in total. The summed E-state index contributed by atoms with van der Waals surface area (Å²) in [5.41, 5.74) is 3.59. The van der Waals surface area contributed by atoms with E-state index in [1.165, 1.54) is 0 Å². The fraction of sp³-hybridized carbons (Fsp3) is 0.0455. The van der Waals surface area contributed by atoms with Gasteiger partial charge in [0.15, 0.2) is 0 Å². The Kier molecular flexibility index (Phi) is 4.65. The van der Waals surface area contributed by atoms with E-state index in [0.717, 1.165) is 22.6 Å². The second-order valence-electron chi connectivity index (χ2n) is 6.06. The first kappa shape index (κ1) is 17.7. The van der Waals surface area contributed by atoms with Crippen molar-refractivity contribution < 1.29 is 9.53 Å². The highest BCUT2D eigenvalue weighted by Crippen LogP contribution is 2.46. The molecule has 0 fully saturated rings. The summed E-state index contributed by atoms with van der Waals surface area (Å²) in [7, 11) is 1.62. The molecule has 0 aliphatic carbocycles. The van der Waals surface area contributed by atoms with Gasteiger partial charge in [0.05, 0.1) is 34.1 Å². The predicted octanol–water partition coefficient (Wildman–Crippen LogP) is 6.22. The van der Waals surface area contributed by atoms with E-state index in [-0.39, 0.29) is 5.91 Å². The molecule has 0 saturated carbocycles. The fourth-order valence-electron chi connectivity index (χ4n) is 3.17. The third-order valence-electron chi connectivity index (χ3n) is 4.46. The van der Waals surface area contributed by atoms with Crippen LogP contribution < -0.4 is 9.64 Å².